The normalized spacial score (nSPS) is 19.1. The van der Waals surface area contributed by atoms with Crippen molar-refractivity contribution in [3.63, 3.8) is 0 Å². The Labute approximate surface area is 216 Å². The number of nitrogens with zero attached hydrogens (tertiary/aromatic N) is 4. The number of pyridine rings is 1. The van der Waals surface area contributed by atoms with Gasteiger partial charge in [0.05, 0.1) is 5.52 Å². The summed E-state index contributed by atoms with van der Waals surface area (Å²) in [6.07, 6.45) is 5.77. The summed E-state index contributed by atoms with van der Waals surface area (Å²) < 4.78 is 0. The van der Waals surface area contributed by atoms with Crippen LogP contribution >= 0.6 is 0 Å². The van der Waals surface area contributed by atoms with Crippen molar-refractivity contribution in [3.8, 4) is 16.9 Å². The van der Waals surface area contributed by atoms with Crippen LogP contribution in [0.5, 0.6) is 5.75 Å². The van der Waals surface area contributed by atoms with Gasteiger partial charge < -0.3 is 15.3 Å². The second kappa shape index (κ2) is 9.12. The Morgan fingerprint density at radius 3 is 2.51 bits per heavy atom. The van der Waals surface area contributed by atoms with E-state index >= 15 is 0 Å². The minimum Gasteiger partial charge on any atom is -0.508 e. The van der Waals surface area contributed by atoms with E-state index in [1.807, 2.05) is 48.7 Å². The highest BCUT2D eigenvalue weighted by Crippen LogP contribution is 2.38. The lowest BCUT2D eigenvalue weighted by atomic mass is 9.97. The van der Waals surface area contributed by atoms with Gasteiger partial charge in [0.2, 0.25) is 0 Å². The molecule has 2 unspecified atom stereocenters. The number of nitrogens with one attached hydrogen (secondary N) is 1. The van der Waals surface area contributed by atoms with Crippen LogP contribution in [0.3, 0.4) is 0 Å². The summed E-state index contributed by atoms with van der Waals surface area (Å²) in [7, 11) is 0. The lowest BCUT2D eigenvalue weighted by molar-refractivity contribution is 0.476. The summed E-state index contributed by atoms with van der Waals surface area (Å²) in [4.78, 5) is 17.3. The monoisotopic (exact) mass is 487 g/mol. The molecule has 2 bridgehead atoms. The SMILES string of the molecule is Oc1cc(-c2ccc3c(N4C5CCC4CNC5)nc(CCc4ccccn4)nc3c2)c2ccccc2c1. The van der Waals surface area contributed by atoms with Gasteiger partial charge in [-0.15, -0.1) is 0 Å². The first-order valence-corrected chi connectivity index (χ1v) is 13.1. The zero-order chi connectivity index (χ0) is 24.8. The average molecular weight is 488 g/mol. The van der Waals surface area contributed by atoms with Gasteiger partial charge in [0.25, 0.3) is 0 Å². The molecule has 4 heterocycles. The van der Waals surface area contributed by atoms with Crippen molar-refractivity contribution in [1.29, 1.82) is 0 Å². The maximum absolute atomic E-state index is 10.4. The third-order valence-corrected chi connectivity index (χ3v) is 7.84. The van der Waals surface area contributed by atoms with Crippen LogP contribution in [0.4, 0.5) is 5.82 Å². The molecule has 5 aromatic rings. The Hall–Kier alpha value is -4.03. The Bertz CT molecular complexity index is 1590. The molecule has 0 saturated carbocycles. The van der Waals surface area contributed by atoms with Crippen LogP contribution in [0.2, 0.25) is 0 Å². The Morgan fingerprint density at radius 1 is 0.838 bits per heavy atom. The maximum Gasteiger partial charge on any atom is 0.140 e. The van der Waals surface area contributed by atoms with Gasteiger partial charge in [0.15, 0.2) is 0 Å². The number of fused-ring (bicyclic) bond motifs is 4. The number of hydrogen-bond donors (Lipinski definition) is 2. The first-order valence-electron chi connectivity index (χ1n) is 13.1. The molecule has 6 heteroatoms. The molecule has 2 aliphatic heterocycles. The van der Waals surface area contributed by atoms with Crippen LogP contribution in [-0.4, -0.2) is 45.2 Å². The summed E-state index contributed by atoms with van der Waals surface area (Å²) in [5.74, 6) is 2.18. The number of aromatic hydroxyl groups is 1. The first-order chi connectivity index (χ1) is 18.2. The van der Waals surface area contributed by atoms with E-state index in [0.29, 0.717) is 12.1 Å². The topological polar surface area (TPSA) is 74.2 Å². The summed E-state index contributed by atoms with van der Waals surface area (Å²) >= 11 is 0. The smallest absolute Gasteiger partial charge is 0.140 e. The number of aromatic nitrogens is 3. The molecule has 0 radical (unpaired) electrons. The third kappa shape index (κ3) is 4.07. The molecule has 2 N–H and O–H groups in total. The third-order valence-electron chi connectivity index (χ3n) is 7.84. The largest absolute Gasteiger partial charge is 0.508 e. The first kappa shape index (κ1) is 22.2. The lowest BCUT2D eigenvalue weighted by Crippen LogP contribution is -2.52. The van der Waals surface area contributed by atoms with E-state index in [9.17, 15) is 5.11 Å². The second-order valence-corrected chi connectivity index (χ2v) is 10.2. The van der Waals surface area contributed by atoms with Crippen LogP contribution in [0, 0.1) is 0 Å². The molecular weight excluding hydrogens is 458 g/mol. The van der Waals surface area contributed by atoms with Crippen molar-refractivity contribution in [2.24, 2.45) is 0 Å². The highest BCUT2D eigenvalue weighted by molar-refractivity contribution is 6.00. The number of phenolic OH excluding ortho intramolecular Hbond substituents is 1. The fourth-order valence-corrected chi connectivity index (χ4v) is 6.08. The van der Waals surface area contributed by atoms with Gasteiger partial charge in [-0.25, -0.2) is 9.97 Å². The predicted molar refractivity (Wildman–Crippen MR) is 148 cm³/mol. The van der Waals surface area contributed by atoms with Crippen LogP contribution in [-0.2, 0) is 12.8 Å². The van der Waals surface area contributed by atoms with Gasteiger partial charge in [0.1, 0.15) is 17.4 Å². The number of phenols is 1. The van der Waals surface area contributed by atoms with Gasteiger partial charge in [-0.05, 0) is 77.6 Å². The van der Waals surface area contributed by atoms with Crippen molar-refractivity contribution >= 4 is 27.5 Å². The molecule has 7 rings (SSSR count). The summed E-state index contributed by atoms with van der Waals surface area (Å²) in [6, 6.07) is 25.3. The quantitative estimate of drug-likeness (QED) is 0.352. The number of anilines is 1. The number of benzene rings is 3. The summed E-state index contributed by atoms with van der Waals surface area (Å²) in [6.45, 7) is 2.00. The van der Waals surface area contributed by atoms with Gasteiger partial charge >= 0.3 is 0 Å². The average Bonchev–Trinajstić information content (AvgIpc) is 3.18. The van der Waals surface area contributed by atoms with Gasteiger partial charge in [0, 0.05) is 48.9 Å². The second-order valence-electron chi connectivity index (χ2n) is 10.2. The van der Waals surface area contributed by atoms with Gasteiger partial charge in [-0.3, -0.25) is 4.98 Å². The van der Waals surface area contributed by atoms with E-state index in [4.69, 9.17) is 9.97 Å². The van der Waals surface area contributed by atoms with E-state index in [0.717, 1.165) is 76.1 Å². The Kier molecular flexibility index (Phi) is 5.47. The number of rotatable bonds is 5. The van der Waals surface area contributed by atoms with Crippen molar-refractivity contribution in [2.45, 2.75) is 37.8 Å². The van der Waals surface area contributed by atoms with E-state index < -0.39 is 0 Å². The molecule has 2 fully saturated rings. The molecule has 3 aromatic carbocycles. The molecule has 37 heavy (non-hydrogen) atoms. The Morgan fingerprint density at radius 2 is 1.68 bits per heavy atom. The molecule has 0 amide bonds. The molecule has 6 nitrogen and oxygen atoms in total. The van der Waals surface area contributed by atoms with Crippen LogP contribution in [0.1, 0.15) is 24.4 Å². The maximum atomic E-state index is 10.4. The molecule has 0 aliphatic carbocycles. The molecule has 2 saturated heterocycles. The number of hydrogen-bond acceptors (Lipinski definition) is 6. The summed E-state index contributed by atoms with van der Waals surface area (Å²) in [5.41, 5.74) is 4.05. The van der Waals surface area contributed by atoms with E-state index in [1.54, 1.807) is 0 Å². The minimum absolute atomic E-state index is 0.269. The fourth-order valence-electron chi connectivity index (χ4n) is 6.08. The van der Waals surface area contributed by atoms with E-state index in [-0.39, 0.29) is 5.75 Å². The fraction of sp³-hybridized carbons (Fsp3) is 0.258. The predicted octanol–water partition coefficient (Wildman–Crippen LogP) is 5.28. The van der Waals surface area contributed by atoms with Crippen LogP contribution < -0.4 is 10.2 Å². The van der Waals surface area contributed by atoms with Crippen LogP contribution in [0.15, 0.2) is 79.0 Å². The molecule has 2 aliphatic rings. The lowest BCUT2D eigenvalue weighted by Gasteiger charge is -2.37. The van der Waals surface area contributed by atoms with Crippen LogP contribution in [0.25, 0.3) is 32.8 Å². The van der Waals surface area contributed by atoms with Gasteiger partial charge in [-0.2, -0.15) is 0 Å². The Balaban J connectivity index is 1.36. The van der Waals surface area contributed by atoms with Crippen molar-refractivity contribution in [1.82, 2.24) is 20.3 Å². The van der Waals surface area contributed by atoms with Crippen molar-refractivity contribution < 1.29 is 5.11 Å². The number of piperazine rings is 1. The zero-order valence-corrected chi connectivity index (χ0v) is 20.6. The molecule has 0 spiro atoms. The molecule has 2 atom stereocenters. The molecule has 2 aromatic heterocycles. The summed E-state index contributed by atoms with van der Waals surface area (Å²) in [5, 5.41) is 17.3. The standard InChI is InChI=1S/C31H29N5O/c37-25-15-20-5-1-2-7-26(20)28(17-25)21-8-12-27-29(16-21)34-30(13-9-22-6-3-4-14-33-22)35-31(27)36-23-10-11-24(36)19-32-18-23/h1-8,12,14-17,23-24,32,37H,9-11,13,18-19H2. The number of aryl methyl sites for hydroxylation is 2. The van der Waals surface area contributed by atoms with E-state index in [1.165, 1.54) is 12.8 Å². The van der Waals surface area contributed by atoms with Crippen molar-refractivity contribution in [2.75, 3.05) is 18.0 Å². The van der Waals surface area contributed by atoms with E-state index in [2.05, 4.69) is 45.5 Å². The molecular formula is C31H29N5O. The highest BCUT2D eigenvalue weighted by atomic mass is 16.3. The zero-order valence-electron chi connectivity index (χ0n) is 20.6. The highest BCUT2D eigenvalue weighted by Gasteiger charge is 2.38. The minimum atomic E-state index is 0.269. The molecule has 184 valence electrons. The van der Waals surface area contributed by atoms with Gasteiger partial charge in [-0.1, -0.05) is 36.4 Å². The van der Waals surface area contributed by atoms with Crippen molar-refractivity contribution in [3.05, 3.63) is 90.5 Å².